The Morgan fingerprint density at radius 1 is 1.14 bits per heavy atom. The molecule has 196 valence electrons. The molecule has 3 rings (SSSR count). The third-order valence-corrected chi connectivity index (χ3v) is 7.18. The van der Waals surface area contributed by atoms with Crippen LogP contribution in [0.15, 0.2) is 51.9 Å². The summed E-state index contributed by atoms with van der Waals surface area (Å²) in [5, 5.41) is 11.0. The summed E-state index contributed by atoms with van der Waals surface area (Å²) in [4.78, 5) is 5.22. The van der Waals surface area contributed by atoms with E-state index in [1.165, 1.54) is 13.3 Å². The van der Waals surface area contributed by atoms with E-state index in [1.807, 2.05) is 0 Å². The Morgan fingerprint density at radius 2 is 1.83 bits per heavy atom. The van der Waals surface area contributed by atoms with Crippen molar-refractivity contribution in [2.45, 2.75) is 10.6 Å². The molecule has 0 aliphatic rings. The maximum atomic E-state index is 14.4. The second-order valence-electron chi connectivity index (χ2n) is 7.64. The number of benzene rings is 2. The van der Waals surface area contributed by atoms with Crippen LogP contribution in [0.25, 0.3) is 11.3 Å². The topological polar surface area (TPSA) is 103 Å². The normalized spacial score (nSPS) is 14.2. The van der Waals surface area contributed by atoms with Gasteiger partial charge in [-0.3, -0.25) is 0 Å². The number of nitriles is 1. The molecule has 0 aliphatic carbocycles. The molecule has 0 amide bonds. The van der Waals surface area contributed by atoms with Crippen LogP contribution in [0.3, 0.4) is 0 Å². The van der Waals surface area contributed by atoms with Gasteiger partial charge in [0, 0.05) is 23.1 Å². The number of thiol groups is 1. The van der Waals surface area contributed by atoms with E-state index in [0.29, 0.717) is 6.20 Å². The molecule has 2 N–H and O–H groups in total. The monoisotopic (exact) mass is 557 g/mol. The Kier molecular flexibility index (Phi) is 6.50. The average molecular weight is 558 g/mol. The van der Waals surface area contributed by atoms with E-state index in [-0.39, 0.29) is 23.4 Å². The van der Waals surface area contributed by atoms with Gasteiger partial charge < -0.3 is 14.6 Å². The third kappa shape index (κ3) is 6.62. The van der Waals surface area contributed by atoms with E-state index in [4.69, 9.17) is 10.00 Å². The van der Waals surface area contributed by atoms with E-state index in [9.17, 15) is 32.8 Å². The predicted molar refractivity (Wildman–Crippen MR) is 124 cm³/mol. The molecule has 1 aromatic heterocycles. The first-order valence-electron chi connectivity index (χ1n) is 9.62. The summed E-state index contributed by atoms with van der Waals surface area (Å²) >= 11 is 0. The van der Waals surface area contributed by atoms with Crippen molar-refractivity contribution >= 4 is 32.0 Å². The van der Waals surface area contributed by atoms with Gasteiger partial charge in [0.25, 0.3) is 0 Å². The van der Waals surface area contributed by atoms with Gasteiger partial charge in [-0.1, -0.05) is 29.5 Å². The molecule has 2 aromatic carbocycles. The van der Waals surface area contributed by atoms with Crippen LogP contribution in [0, 0.1) is 23.1 Å². The minimum Gasteiger partial charge on any atom is -0.496 e. The lowest BCUT2D eigenvalue weighted by molar-refractivity contribution is 0.364. The Bertz CT molecular complexity index is 1440. The smallest absolute Gasteiger partial charge is 0.310 e. The number of aromatic nitrogens is 2. The Labute approximate surface area is 201 Å². The molecule has 0 saturated heterocycles. The Morgan fingerprint density at radius 3 is 2.44 bits per heavy atom. The molecule has 16 heteroatoms. The number of hydrogen-bond acceptors (Lipinski definition) is 6. The highest BCUT2D eigenvalue weighted by atomic mass is 32.5. The summed E-state index contributed by atoms with van der Waals surface area (Å²) in [6.45, 7) is 0. The number of rotatable bonds is 7. The fraction of sp³-hybridized carbons (Fsp3) is 0.150. The van der Waals surface area contributed by atoms with E-state index in [0.717, 1.165) is 30.5 Å². The lowest BCUT2D eigenvalue weighted by Gasteiger charge is -2.41. The summed E-state index contributed by atoms with van der Waals surface area (Å²) in [5.41, 5.74) is -1.38. The zero-order valence-electron chi connectivity index (χ0n) is 18.4. The number of anilines is 2. The minimum absolute atomic E-state index is 0.0118. The minimum atomic E-state index is -10.2. The van der Waals surface area contributed by atoms with Crippen molar-refractivity contribution < 1.29 is 37.5 Å². The van der Waals surface area contributed by atoms with Gasteiger partial charge in [0.05, 0.1) is 13.3 Å². The molecule has 7 nitrogen and oxygen atoms in total. The van der Waals surface area contributed by atoms with Gasteiger partial charge in [0.2, 0.25) is 12.1 Å². The number of ether oxygens (including phenoxy) is 1. The summed E-state index contributed by atoms with van der Waals surface area (Å²) in [7, 11) is -12.4. The van der Waals surface area contributed by atoms with Crippen molar-refractivity contribution in [1.82, 2.24) is 9.97 Å². The van der Waals surface area contributed by atoms with Gasteiger partial charge in [0.1, 0.15) is 22.2 Å². The fourth-order valence-electron chi connectivity index (χ4n) is 3.13. The first kappa shape index (κ1) is 27.2. The number of halogens is 7. The maximum absolute atomic E-state index is 14.4. The summed E-state index contributed by atoms with van der Waals surface area (Å²) in [5.74, 6) is -2.86. The third-order valence-electron chi connectivity index (χ3n) is 4.57. The number of methoxy groups -OCH3 is 1. The molecule has 0 fully saturated rings. The predicted octanol–water partition coefficient (Wildman–Crippen LogP) is 6.99. The molecular formula is C20H18F7N5O2S2. The molecule has 0 bridgehead atoms. The van der Waals surface area contributed by atoms with Crippen LogP contribution in [-0.4, -0.2) is 27.9 Å². The zero-order valence-corrected chi connectivity index (χ0v) is 20.1. The van der Waals surface area contributed by atoms with Crippen LogP contribution < -0.4 is 10.1 Å². The quantitative estimate of drug-likeness (QED) is 0.164. The van der Waals surface area contributed by atoms with Crippen LogP contribution in [0.5, 0.6) is 5.75 Å². The molecule has 3 aromatic rings. The Hall–Kier alpha value is -3.42. The fourth-order valence-corrected chi connectivity index (χ4v) is 4.99. The van der Waals surface area contributed by atoms with Gasteiger partial charge in [0.15, 0.2) is 5.82 Å². The summed E-state index contributed by atoms with van der Waals surface area (Å²) in [6.07, 6.45) is 3.12. The van der Waals surface area contributed by atoms with E-state index in [1.54, 1.807) is 0 Å². The second-order valence-corrected chi connectivity index (χ2v) is 12.7. The lowest BCUT2D eigenvalue weighted by Crippen LogP contribution is -2.13. The molecule has 0 unspecified atom stereocenters. The molecule has 36 heavy (non-hydrogen) atoms. The lowest BCUT2D eigenvalue weighted by atomic mass is 10.1. The highest BCUT2D eigenvalue weighted by molar-refractivity contribution is 8.45. The molecule has 0 radical (unpaired) electrons. The number of hydrogen-bond donors (Lipinski definition) is 3. The number of nitrogens with one attached hydrogen (secondary N) is 1. The van der Waals surface area contributed by atoms with Crippen molar-refractivity contribution in [3.05, 3.63) is 59.8 Å². The van der Waals surface area contributed by atoms with Crippen molar-refractivity contribution in [3.63, 3.8) is 0 Å². The average Bonchev–Trinajstić information content (AvgIpc) is 2.73. The summed E-state index contributed by atoms with van der Waals surface area (Å²) in [6, 6.07) is 4.38. The van der Waals surface area contributed by atoms with E-state index in [2.05, 4.69) is 19.6 Å². The first-order chi connectivity index (χ1) is 16.4. The van der Waals surface area contributed by atoms with Crippen molar-refractivity contribution in [2.24, 2.45) is 4.36 Å². The van der Waals surface area contributed by atoms with E-state index < -0.39 is 65.5 Å². The molecule has 0 saturated carbocycles. The maximum Gasteiger partial charge on any atom is 0.310 e. The highest BCUT2D eigenvalue weighted by Crippen LogP contribution is 3.02. The molecular weight excluding hydrogens is 539 g/mol. The van der Waals surface area contributed by atoms with Gasteiger partial charge in [-0.2, -0.15) is 5.26 Å². The second kappa shape index (κ2) is 8.61. The van der Waals surface area contributed by atoms with Crippen LogP contribution in [0.1, 0.15) is 5.56 Å². The van der Waals surface area contributed by atoms with Crippen LogP contribution in [0.4, 0.5) is 39.8 Å². The molecule has 1 heterocycles. The van der Waals surface area contributed by atoms with Crippen molar-refractivity contribution in [3.8, 4) is 23.2 Å². The zero-order chi connectivity index (χ0) is 27.0. The van der Waals surface area contributed by atoms with Gasteiger partial charge in [-0.15, -0.1) is 4.36 Å². The van der Waals surface area contributed by atoms with Crippen molar-refractivity contribution in [1.29, 1.82) is 5.26 Å². The summed E-state index contributed by atoms with van der Waals surface area (Å²) < 4.78 is 114. The molecule has 0 aliphatic heterocycles. The molecule has 0 spiro atoms. The highest BCUT2D eigenvalue weighted by Gasteiger charge is 2.65. The standard InChI is InChI=1S/C20H18F7N5O2S2/c1-34-18-7-13(21)3-4-16(18)19-17(22)9-29-20(32-19)31-14-5-12(10-35(2,33)30-11-28)6-15(8-14)36(23,24,25,26)27/h3-9,35H,10H2,1-2H3,(H,30,33)(H,29,31,32). The van der Waals surface area contributed by atoms with Crippen LogP contribution in [0.2, 0.25) is 0 Å². The van der Waals surface area contributed by atoms with Gasteiger partial charge in [-0.05, 0) is 42.2 Å². The van der Waals surface area contributed by atoms with Gasteiger partial charge in [-0.25, -0.2) is 18.7 Å². The van der Waals surface area contributed by atoms with Crippen LogP contribution in [-0.2, 0) is 15.9 Å². The Balaban J connectivity index is 2.12. The SMILES string of the molecule is COc1cc(F)ccc1-c1nc(Nc2cc(C[SH](C)(O)=NC#N)cc(S(F)(F)(F)(F)F)c2)ncc1F. The first-order valence-corrected chi connectivity index (χ1v) is 13.9. The largest absolute Gasteiger partial charge is 0.496 e. The van der Waals surface area contributed by atoms with Gasteiger partial charge >= 0.3 is 10.2 Å². The van der Waals surface area contributed by atoms with Crippen molar-refractivity contribution in [2.75, 3.05) is 18.7 Å². The van der Waals surface area contributed by atoms with E-state index >= 15 is 0 Å². The number of nitrogens with zero attached hydrogens (tertiary/aromatic N) is 4. The van der Waals surface area contributed by atoms with Crippen LogP contribution >= 0.6 is 10.2 Å². The molecule has 0 atom stereocenters.